The molecule has 0 bridgehead atoms. The Kier molecular flexibility index (Phi) is 3.89. The first-order chi connectivity index (χ1) is 10.1. The van der Waals surface area contributed by atoms with E-state index in [9.17, 15) is 0 Å². The van der Waals surface area contributed by atoms with Gasteiger partial charge >= 0.3 is 0 Å². The van der Waals surface area contributed by atoms with Crippen molar-refractivity contribution in [2.45, 2.75) is 46.1 Å². The van der Waals surface area contributed by atoms with Gasteiger partial charge in [-0.2, -0.15) is 0 Å². The first kappa shape index (κ1) is 14.4. The van der Waals surface area contributed by atoms with Crippen LogP contribution in [-0.4, -0.2) is 17.6 Å². The third kappa shape index (κ3) is 2.77. The van der Waals surface area contributed by atoms with E-state index in [1.807, 2.05) is 0 Å². The van der Waals surface area contributed by atoms with E-state index in [4.69, 9.17) is 9.72 Å². The van der Waals surface area contributed by atoms with Gasteiger partial charge in [-0.1, -0.05) is 20.8 Å². The molecule has 1 aromatic carbocycles. The fraction of sp³-hybridized carbons (Fsp3) is 0.471. The Morgan fingerprint density at radius 3 is 2.90 bits per heavy atom. The monoisotopic (exact) mass is 302 g/mol. The second kappa shape index (κ2) is 5.68. The second-order valence-corrected chi connectivity index (χ2v) is 7.09. The molecule has 4 heteroatoms. The molecule has 0 radical (unpaired) electrons. The summed E-state index contributed by atoms with van der Waals surface area (Å²) in [5, 5.41) is 4.68. The topological polar surface area (TPSA) is 34.2 Å². The molecule has 0 aliphatic carbocycles. The number of benzene rings is 1. The standard InChI is InChI=1S/C17H22N2OS/c1-5-13-9-18-14-8-12(6-7-15(14)20-13)16-11(4)21-17(19-16)10(2)3/h6-8,10,13,18H,5,9H2,1-4H3. The molecule has 1 unspecified atom stereocenters. The number of hydrogen-bond donors (Lipinski definition) is 1. The van der Waals surface area contributed by atoms with E-state index in [1.165, 1.54) is 15.4 Å². The normalized spacial score (nSPS) is 17.3. The van der Waals surface area contributed by atoms with Gasteiger partial charge in [0.1, 0.15) is 11.9 Å². The van der Waals surface area contributed by atoms with Gasteiger partial charge in [0.25, 0.3) is 0 Å². The summed E-state index contributed by atoms with van der Waals surface area (Å²) in [5.41, 5.74) is 3.35. The number of nitrogens with one attached hydrogen (secondary N) is 1. The van der Waals surface area contributed by atoms with E-state index in [0.717, 1.165) is 30.1 Å². The van der Waals surface area contributed by atoms with Crippen LogP contribution in [0.3, 0.4) is 0 Å². The average molecular weight is 302 g/mol. The van der Waals surface area contributed by atoms with E-state index >= 15 is 0 Å². The van der Waals surface area contributed by atoms with Crippen LogP contribution in [0.1, 0.15) is 43.0 Å². The Balaban J connectivity index is 1.94. The van der Waals surface area contributed by atoms with Crippen LogP contribution in [0.15, 0.2) is 18.2 Å². The minimum Gasteiger partial charge on any atom is -0.486 e. The van der Waals surface area contributed by atoms with Gasteiger partial charge in [0.05, 0.1) is 22.9 Å². The summed E-state index contributed by atoms with van der Waals surface area (Å²) in [6, 6.07) is 6.34. The number of aryl methyl sites for hydroxylation is 1. The lowest BCUT2D eigenvalue weighted by molar-refractivity contribution is 0.202. The highest BCUT2D eigenvalue weighted by molar-refractivity contribution is 7.12. The summed E-state index contributed by atoms with van der Waals surface area (Å²) in [6.07, 6.45) is 1.30. The van der Waals surface area contributed by atoms with Gasteiger partial charge in [0, 0.05) is 16.4 Å². The zero-order valence-corrected chi connectivity index (χ0v) is 13.9. The SMILES string of the molecule is CCC1CNc2cc(-c3nc(C(C)C)sc3C)ccc2O1. The number of aromatic nitrogens is 1. The molecule has 1 atom stereocenters. The van der Waals surface area contributed by atoms with E-state index < -0.39 is 0 Å². The fourth-order valence-corrected chi connectivity index (χ4v) is 3.47. The van der Waals surface area contributed by atoms with E-state index in [-0.39, 0.29) is 6.10 Å². The zero-order chi connectivity index (χ0) is 15.0. The van der Waals surface area contributed by atoms with Crippen molar-refractivity contribution in [1.29, 1.82) is 0 Å². The van der Waals surface area contributed by atoms with Crippen molar-refractivity contribution < 1.29 is 4.74 Å². The minimum absolute atomic E-state index is 0.275. The van der Waals surface area contributed by atoms with Gasteiger partial charge < -0.3 is 10.1 Å². The van der Waals surface area contributed by atoms with Crippen molar-refractivity contribution in [2.75, 3.05) is 11.9 Å². The molecule has 1 aliphatic rings. The predicted octanol–water partition coefficient (Wildman–Crippen LogP) is 4.82. The minimum atomic E-state index is 0.275. The fourth-order valence-electron chi connectivity index (χ4n) is 2.52. The molecule has 0 spiro atoms. The third-order valence-corrected chi connectivity index (χ3v) is 5.10. The molecule has 0 amide bonds. The van der Waals surface area contributed by atoms with Crippen LogP contribution in [0.25, 0.3) is 11.3 Å². The van der Waals surface area contributed by atoms with Gasteiger partial charge in [-0.3, -0.25) is 0 Å². The van der Waals surface area contributed by atoms with Crippen LogP contribution in [0.4, 0.5) is 5.69 Å². The summed E-state index contributed by atoms with van der Waals surface area (Å²) < 4.78 is 5.97. The number of rotatable bonds is 3. The Hall–Kier alpha value is -1.55. The average Bonchev–Trinajstić information content (AvgIpc) is 2.88. The van der Waals surface area contributed by atoms with Crippen molar-refractivity contribution in [3.05, 3.63) is 28.1 Å². The largest absolute Gasteiger partial charge is 0.486 e. The van der Waals surface area contributed by atoms with Crippen molar-refractivity contribution in [1.82, 2.24) is 4.98 Å². The first-order valence-electron chi connectivity index (χ1n) is 7.60. The van der Waals surface area contributed by atoms with E-state index in [1.54, 1.807) is 11.3 Å². The van der Waals surface area contributed by atoms with Gasteiger partial charge in [0.15, 0.2) is 0 Å². The Labute approximate surface area is 130 Å². The summed E-state index contributed by atoms with van der Waals surface area (Å²) in [7, 11) is 0. The molecule has 3 rings (SSSR count). The predicted molar refractivity (Wildman–Crippen MR) is 89.6 cm³/mol. The van der Waals surface area contributed by atoms with Gasteiger partial charge in [-0.25, -0.2) is 4.98 Å². The number of hydrogen-bond acceptors (Lipinski definition) is 4. The molecular formula is C17H22N2OS. The van der Waals surface area contributed by atoms with Crippen LogP contribution in [0.2, 0.25) is 0 Å². The molecule has 2 aromatic rings. The van der Waals surface area contributed by atoms with Crippen LogP contribution >= 0.6 is 11.3 Å². The Morgan fingerprint density at radius 1 is 1.43 bits per heavy atom. The molecule has 21 heavy (non-hydrogen) atoms. The summed E-state index contributed by atoms with van der Waals surface area (Å²) in [5.74, 6) is 1.43. The van der Waals surface area contributed by atoms with Crippen LogP contribution in [-0.2, 0) is 0 Å². The van der Waals surface area contributed by atoms with Crippen molar-refractivity contribution in [2.24, 2.45) is 0 Å². The van der Waals surface area contributed by atoms with E-state index in [0.29, 0.717) is 5.92 Å². The molecule has 112 valence electrons. The highest BCUT2D eigenvalue weighted by Crippen LogP contribution is 2.37. The molecule has 0 fully saturated rings. The summed E-state index contributed by atoms with van der Waals surface area (Å²) in [6.45, 7) is 9.55. The molecule has 1 aromatic heterocycles. The lowest BCUT2D eigenvalue weighted by Gasteiger charge is -2.26. The van der Waals surface area contributed by atoms with Gasteiger partial charge in [0.2, 0.25) is 0 Å². The maximum atomic E-state index is 5.97. The molecular weight excluding hydrogens is 280 g/mol. The Morgan fingerprint density at radius 2 is 2.24 bits per heavy atom. The van der Waals surface area contributed by atoms with Crippen LogP contribution in [0.5, 0.6) is 5.75 Å². The number of fused-ring (bicyclic) bond motifs is 1. The molecule has 0 saturated carbocycles. The highest BCUT2D eigenvalue weighted by Gasteiger charge is 2.19. The lowest BCUT2D eigenvalue weighted by Crippen LogP contribution is -2.29. The van der Waals surface area contributed by atoms with Crippen molar-refractivity contribution in [3.63, 3.8) is 0 Å². The summed E-state index contributed by atoms with van der Waals surface area (Å²) >= 11 is 1.80. The van der Waals surface area contributed by atoms with E-state index in [2.05, 4.69) is 51.2 Å². The third-order valence-electron chi connectivity index (χ3n) is 3.83. The number of thiazole rings is 1. The van der Waals surface area contributed by atoms with Crippen molar-refractivity contribution in [3.8, 4) is 17.0 Å². The van der Waals surface area contributed by atoms with Crippen LogP contribution < -0.4 is 10.1 Å². The number of nitrogens with zero attached hydrogens (tertiary/aromatic N) is 1. The van der Waals surface area contributed by atoms with Crippen molar-refractivity contribution >= 4 is 17.0 Å². The van der Waals surface area contributed by atoms with Crippen LogP contribution in [0, 0.1) is 6.92 Å². The number of ether oxygens (including phenoxy) is 1. The molecule has 3 nitrogen and oxygen atoms in total. The maximum absolute atomic E-state index is 5.97. The Bertz CT molecular complexity index is 648. The summed E-state index contributed by atoms with van der Waals surface area (Å²) in [4.78, 5) is 6.09. The molecule has 2 heterocycles. The molecule has 1 aliphatic heterocycles. The van der Waals surface area contributed by atoms with Gasteiger partial charge in [-0.15, -0.1) is 11.3 Å². The molecule has 1 N–H and O–H groups in total. The highest BCUT2D eigenvalue weighted by atomic mass is 32.1. The van der Waals surface area contributed by atoms with Gasteiger partial charge in [-0.05, 0) is 31.5 Å². The maximum Gasteiger partial charge on any atom is 0.142 e. The first-order valence-corrected chi connectivity index (χ1v) is 8.42. The quantitative estimate of drug-likeness (QED) is 0.882. The smallest absolute Gasteiger partial charge is 0.142 e. The zero-order valence-electron chi connectivity index (χ0n) is 13.1. The second-order valence-electron chi connectivity index (χ2n) is 5.85. The number of anilines is 1. The lowest BCUT2D eigenvalue weighted by atomic mass is 10.1. The molecule has 0 saturated heterocycles.